The topological polar surface area (TPSA) is 97.2 Å². The number of benzene rings is 2. The van der Waals surface area contributed by atoms with Gasteiger partial charge in [0.1, 0.15) is 10.6 Å². The maximum Gasteiger partial charge on any atom is 0.340 e. The Hall–Kier alpha value is -1.69. The lowest BCUT2D eigenvalue weighted by atomic mass is 10.1. The van der Waals surface area contributed by atoms with Crippen LogP contribution in [0.3, 0.4) is 0 Å². The summed E-state index contributed by atoms with van der Waals surface area (Å²) in [6.45, 7) is 2.22. The van der Waals surface area contributed by atoms with Crippen molar-refractivity contribution in [3.8, 4) is 5.75 Å². The fraction of sp³-hybridized carbons (Fsp3) is 0.423. The van der Waals surface area contributed by atoms with Crippen molar-refractivity contribution in [2.24, 2.45) is 10.2 Å². The van der Waals surface area contributed by atoms with Gasteiger partial charge in [-0.3, -0.25) is 4.79 Å². The Morgan fingerprint density at radius 1 is 1.03 bits per heavy atom. The van der Waals surface area contributed by atoms with E-state index in [1.54, 1.807) is 36.4 Å². The molecule has 1 saturated heterocycles. The van der Waals surface area contributed by atoms with Gasteiger partial charge < -0.3 is 9.50 Å². The van der Waals surface area contributed by atoms with E-state index in [0.717, 1.165) is 19.3 Å². The molecule has 7 nitrogen and oxygen atoms in total. The number of halogens is 2. The second-order valence-corrected chi connectivity index (χ2v) is 13.2. The van der Waals surface area contributed by atoms with Crippen LogP contribution in [0.15, 0.2) is 66.5 Å². The first-order chi connectivity index (χ1) is 17.8. The highest BCUT2D eigenvalue weighted by Gasteiger charge is 2.29. The first-order valence-electron chi connectivity index (χ1n) is 12.4. The maximum absolute atomic E-state index is 12.7. The van der Waals surface area contributed by atoms with Crippen LogP contribution in [0.25, 0.3) is 0 Å². The molecule has 0 saturated carbocycles. The molecule has 11 heteroatoms. The maximum atomic E-state index is 12.7. The normalized spacial score (nSPS) is 17.0. The number of carbonyl (C=O) groups is 1. The zero-order chi connectivity index (χ0) is 26.7. The van der Waals surface area contributed by atoms with Gasteiger partial charge in [0.25, 0.3) is 0 Å². The number of rotatable bonds is 14. The van der Waals surface area contributed by atoms with E-state index in [1.165, 1.54) is 62.6 Å². The van der Waals surface area contributed by atoms with Crippen molar-refractivity contribution in [3.63, 3.8) is 0 Å². The number of hydrogen-bond acceptors (Lipinski definition) is 7. The number of unbranched alkanes of at least 4 members (excludes halogenated alkanes) is 7. The van der Waals surface area contributed by atoms with Crippen LogP contribution in [0.4, 0.5) is 0 Å². The van der Waals surface area contributed by atoms with Crippen LogP contribution in [0.5, 0.6) is 5.75 Å². The molecule has 2 aromatic carbocycles. The molecule has 1 amide bonds. The zero-order valence-electron chi connectivity index (χ0n) is 20.7. The molecular formula is C26H31Br2N3O4S2. The van der Waals surface area contributed by atoms with E-state index < -0.39 is 10.1 Å². The summed E-state index contributed by atoms with van der Waals surface area (Å²) in [5.74, 6) is 0.124. The van der Waals surface area contributed by atoms with Gasteiger partial charge in [0.15, 0.2) is 5.17 Å². The fourth-order valence-electron chi connectivity index (χ4n) is 3.74. The molecule has 1 N–H and O–H groups in total. The Bertz CT molecular complexity index is 1240. The summed E-state index contributed by atoms with van der Waals surface area (Å²) in [5.41, 5.74) is 0.607. The quantitative estimate of drug-likeness (QED) is 0.0974. The number of carbonyl (C=O) groups excluding carboxylic acids is 1. The fourth-order valence-corrected chi connectivity index (χ4v) is 7.09. The summed E-state index contributed by atoms with van der Waals surface area (Å²) in [7, 11) is -4.05. The Morgan fingerprint density at radius 2 is 1.76 bits per heavy atom. The third-order valence-corrected chi connectivity index (χ3v) is 9.56. The lowest BCUT2D eigenvalue weighted by molar-refractivity contribution is -0.118. The molecule has 0 bridgehead atoms. The summed E-state index contributed by atoms with van der Waals surface area (Å²) in [6, 6.07) is 11.4. The highest BCUT2D eigenvalue weighted by molar-refractivity contribution is 9.11. The summed E-state index contributed by atoms with van der Waals surface area (Å²) in [4.78, 5) is 12.3. The molecule has 1 aliphatic heterocycles. The third kappa shape index (κ3) is 9.85. The van der Waals surface area contributed by atoms with E-state index in [1.807, 2.05) is 0 Å². The second-order valence-electron chi connectivity index (χ2n) is 8.69. The number of hydrogen-bond donors (Lipinski definition) is 1. The van der Waals surface area contributed by atoms with Gasteiger partial charge in [-0.15, -0.1) is 5.10 Å². The van der Waals surface area contributed by atoms with E-state index in [9.17, 15) is 13.2 Å². The molecule has 0 aliphatic carbocycles. The molecule has 1 fully saturated rings. The molecule has 1 atom stereocenters. The molecule has 3 rings (SSSR count). The average molecular weight is 673 g/mol. The van der Waals surface area contributed by atoms with Crippen molar-refractivity contribution in [3.05, 3.63) is 57.0 Å². The standard InChI is InChI=1S/C26H31Br2N3O4S2/c1-2-3-4-5-6-7-8-9-13-23-25(32)30-26(36-23)31-29-18-19-11-10-12-21(16-19)35-37(33,34)24-17-20(27)14-15-22(24)28/h10-12,14-18,23H,2-9,13H2,1H3,(H,30,31,32). The SMILES string of the molecule is CCCCCCCCCCC1SC(=NN=Cc2cccc(OS(=O)(=O)c3cc(Br)ccc3Br)c2)NC1=O. The molecule has 200 valence electrons. The molecule has 0 aromatic heterocycles. The lowest BCUT2D eigenvalue weighted by Gasteiger charge is -2.09. The van der Waals surface area contributed by atoms with Gasteiger partial charge in [-0.25, -0.2) is 0 Å². The number of nitrogens with one attached hydrogen (secondary N) is 1. The van der Waals surface area contributed by atoms with E-state index in [2.05, 4.69) is 54.3 Å². The largest absolute Gasteiger partial charge is 0.379 e. The van der Waals surface area contributed by atoms with E-state index >= 15 is 0 Å². The molecule has 1 unspecified atom stereocenters. The Morgan fingerprint density at radius 3 is 2.51 bits per heavy atom. The van der Waals surface area contributed by atoms with Crippen molar-refractivity contribution in [1.29, 1.82) is 0 Å². The summed E-state index contributed by atoms with van der Waals surface area (Å²) in [6.07, 6.45) is 12.2. The van der Waals surface area contributed by atoms with Gasteiger partial charge in [0.2, 0.25) is 5.91 Å². The van der Waals surface area contributed by atoms with Crippen LogP contribution in [0, 0.1) is 0 Å². The molecule has 1 aliphatic rings. The van der Waals surface area contributed by atoms with Gasteiger partial charge in [-0.2, -0.15) is 13.5 Å². The minimum atomic E-state index is -4.05. The average Bonchev–Trinajstić information content (AvgIpc) is 3.21. The minimum absolute atomic E-state index is 0.0165. The van der Waals surface area contributed by atoms with Crippen LogP contribution in [0.1, 0.15) is 70.3 Å². The summed E-state index contributed by atoms with van der Waals surface area (Å²) in [5, 5.41) is 11.3. The van der Waals surface area contributed by atoms with Crippen molar-refractivity contribution < 1.29 is 17.4 Å². The van der Waals surface area contributed by atoms with Crippen LogP contribution >= 0.6 is 43.6 Å². The molecule has 1 heterocycles. The molecule has 2 aromatic rings. The smallest absolute Gasteiger partial charge is 0.340 e. The first-order valence-corrected chi connectivity index (χ1v) is 16.2. The number of amides is 1. The van der Waals surface area contributed by atoms with Crippen molar-refractivity contribution in [2.75, 3.05) is 0 Å². The summed E-state index contributed by atoms with van der Waals surface area (Å²) >= 11 is 7.93. The van der Waals surface area contributed by atoms with E-state index in [0.29, 0.717) is 19.7 Å². The van der Waals surface area contributed by atoms with Crippen molar-refractivity contribution in [1.82, 2.24) is 5.32 Å². The number of amidine groups is 1. The monoisotopic (exact) mass is 671 g/mol. The van der Waals surface area contributed by atoms with E-state index in [4.69, 9.17) is 4.18 Å². The highest BCUT2D eigenvalue weighted by atomic mass is 79.9. The minimum Gasteiger partial charge on any atom is -0.379 e. The Kier molecular flexibility index (Phi) is 12.1. The van der Waals surface area contributed by atoms with Crippen LogP contribution in [-0.4, -0.2) is 31.0 Å². The molecular weight excluding hydrogens is 642 g/mol. The first kappa shape index (κ1) is 29.9. The zero-order valence-corrected chi connectivity index (χ0v) is 25.5. The van der Waals surface area contributed by atoms with Crippen LogP contribution < -0.4 is 9.50 Å². The summed E-state index contributed by atoms with van der Waals surface area (Å²) < 4.78 is 31.8. The van der Waals surface area contributed by atoms with Crippen LogP contribution in [0.2, 0.25) is 0 Å². The van der Waals surface area contributed by atoms with E-state index in [-0.39, 0.29) is 21.8 Å². The Balaban J connectivity index is 1.50. The van der Waals surface area contributed by atoms with Gasteiger partial charge in [0.05, 0.1) is 11.5 Å². The van der Waals surface area contributed by atoms with Crippen molar-refractivity contribution in [2.45, 2.75) is 74.9 Å². The van der Waals surface area contributed by atoms with Gasteiger partial charge in [0, 0.05) is 8.95 Å². The predicted octanol–water partition coefficient (Wildman–Crippen LogP) is 7.43. The lowest BCUT2D eigenvalue weighted by Crippen LogP contribution is -2.24. The number of nitrogens with zero attached hydrogens (tertiary/aromatic N) is 2. The highest BCUT2D eigenvalue weighted by Crippen LogP contribution is 2.29. The molecule has 0 spiro atoms. The van der Waals surface area contributed by atoms with Crippen molar-refractivity contribution >= 4 is 71.0 Å². The second kappa shape index (κ2) is 15.0. The van der Waals surface area contributed by atoms with Gasteiger partial charge >= 0.3 is 10.1 Å². The van der Waals surface area contributed by atoms with Gasteiger partial charge in [-0.1, -0.05) is 98.1 Å². The molecule has 37 heavy (non-hydrogen) atoms. The van der Waals surface area contributed by atoms with Crippen LogP contribution in [-0.2, 0) is 14.9 Å². The molecule has 0 radical (unpaired) electrons. The predicted molar refractivity (Wildman–Crippen MR) is 158 cm³/mol. The Labute approximate surface area is 240 Å². The van der Waals surface area contributed by atoms with Gasteiger partial charge in [-0.05, 0) is 58.2 Å². The number of thioether (sulfide) groups is 1. The third-order valence-electron chi connectivity index (χ3n) is 5.68.